The van der Waals surface area contributed by atoms with Gasteiger partial charge in [0, 0.05) is 26.4 Å². The van der Waals surface area contributed by atoms with Gasteiger partial charge in [-0.15, -0.1) is 0 Å². The van der Waals surface area contributed by atoms with Gasteiger partial charge in [-0.05, 0) is 32.1 Å². The molecule has 0 aromatic rings. The fourth-order valence-corrected chi connectivity index (χ4v) is 1.74. The Balaban J connectivity index is 3.29. The Morgan fingerprint density at radius 3 is 2.35 bits per heavy atom. The summed E-state index contributed by atoms with van der Waals surface area (Å²) in [6.45, 7) is 2.81. The molecule has 20 heavy (non-hydrogen) atoms. The Hall–Kier alpha value is -1.43. The number of aldehydes is 1. The minimum absolute atomic E-state index is 0.0166. The number of amides is 2. The lowest BCUT2D eigenvalue weighted by Gasteiger charge is -2.06. The van der Waals surface area contributed by atoms with Crippen LogP contribution in [0.3, 0.4) is 0 Å². The molecule has 4 N–H and O–H groups in total. The molecule has 0 aromatic heterocycles. The first-order valence-corrected chi connectivity index (χ1v) is 7.28. The molecule has 0 aromatic carbocycles. The quantitative estimate of drug-likeness (QED) is 0.359. The van der Waals surface area contributed by atoms with Crippen molar-refractivity contribution < 1.29 is 14.4 Å². The Labute approximate surface area is 120 Å². The van der Waals surface area contributed by atoms with Crippen molar-refractivity contribution in [1.82, 2.24) is 10.6 Å². The fourth-order valence-electron chi connectivity index (χ4n) is 1.74. The van der Waals surface area contributed by atoms with Crippen LogP contribution < -0.4 is 16.4 Å². The van der Waals surface area contributed by atoms with Crippen LogP contribution in [0, 0.1) is 0 Å². The maximum Gasteiger partial charge on any atom is 0.219 e. The molecule has 0 saturated carbocycles. The maximum atomic E-state index is 11.5. The van der Waals surface area contributed by atoms with Gasteiger partial charge in [0.2, 0.25) is 11.8 Å². The summed E-state index contributed by atoms with van der Waals surface area (Å²) in [7, 11) is 0. The molecule has 0 fully saturated rings. The molecule has 0 aliphatic rings. The summed E-state index contributed by atoms with van der Waals surface area (Å²) in [5.74, 6) is 0.0428. The molecule has 0 spiro atoms. The zero-order valence-corrected chi connectivity index (χ0v) is 12.3. The third kappa shape index (κ3) is 13.0. The zero-order chi connectivity index (χ0) is 15.2. The van der Waals surface area contributed by atoms with Crippen molar-refractivity contribution in [1.29, 1.82) is 0 Å². The number of carbonyl (C=O) groups excluding carboxylic acids is 3. The topological polar surface area (TPSA) is 101 Å². The summed E-state index contributed by atoms with van der Waals surface area (Å²) in [4.78, 5) is 32.4. The van der Waals surface area contributed by atoms with Gasteiger partial charge in [-0.1, -0.05) is 6.42 Å². The SMILES string of the molecule is CC(=O)NCCCCCC(=O)NCCCC[C@H](N)C=O. The second kappa shape index (κ2) is 12.6. The predicted octanol–water partition coefficient (Wildman–Crippen LogP) is 0.496. The molecule has 0 rings (SSSR count). The largest absolute Gasteiger partial charge is 0.356 e. The van der Waals surface area contributed by atoms with E-state index in [4.69, 9.17) is 5.73 Å². The Morgan fingerprint density at radius 1 is 1.05 bits per heavy atom. The third-order valence-electron chi connectivity index (χ3n) is 2.92. The number of hydrogen-bond donors (Lipinski definition) is 3. The molecular weight excluding hydrogens is 258 g/mol. The van der Waals surface area contributed by atoms with Gasteiger partial charge in [0.1, 0.15) is 6.29 Å². The highest BCUT2D eigenvalue weighted by Gasteiger charge is 2.02. The van der Waals surface area contributed by atoms with E-state index in [-0.39, 0.29) is 17.9 Å². The van der Waals surface area contributed by atoms with Gasteiger partial charge in [-0.2, -0.15) is 0 Å². The van der Waals surface area contributed by atoms with E-state index >= 15 is 0 Å². The van der Waals surface area contributed by atoms with Crippen LogP contribution in [0.25, 0.3) is 0 Å². The molecule has 2 amide bonds. The molecule has 0 aliphatic heterocycles. The van der Waals surface area contributed by atoms with Crippen LogP contribution >= 0.6 is 0 Å². The van der Waals surface area contributed by atoms with Crippen molar-refractivity contribution in [2.24, 2.45) is 5.73 Å². The molecule has 1 atom stereocenters. The fraction of sp³-hybridized carbons (Fsp3) is 0.786. The molecule has 0 unspecified atom stereocenters. The molecule has 0 bridgehead atoms. The number of unbranched alkanes of at least 4 members (excludes halogenated alkanes) is 3. The van der Waals surface area contributed by atoms with E-state index in [1.54, 1.807) is 0 Å². The molecular formula is C14H27N3O3. The molecule has 6 heteroatoms. The lowest BCUT2D eigenvalue weighted by molar-refractivity contribution is -0.121. The number of hydrogen-bond acceptors (Lipinski definition) is 4. The maximum absolute atomic E-state index is 11.5. The summed E-state index contributed by atoms with van der Waals surface area (Å²) in [6, 6.07) is -0.380. The monoisotopic (exact) mass is 285 g/mol. The van der Waals surface area contributed by atoms with E-state index in [1.807, 2.05) is 0 Å². The lowest BCUT2D eigenvalue weighted by Crippen LogP contribution is -2.25. The normalized spacial score (nSPS) is 11.7. The summed E-state index contributed by atoms with van der Waals surface area (Å²) in [5.41, 5.74) is 5.46. The van der Waals surface area contributed by atoms with Gasteiger partial charge in [-0.3, -0.25) is 9.59 Å². The third-order valence-corrected chi connectivity index (χ3v) is 2.92. The summed E-state index contributed by atoms with van der Waals surface area (Å²) in [6.07, 6.45) is 6.29. The molecule has 0 saturated heterocycles. The number of nitrogens with one attached hydrogen (secondary N) is 2. The van der Waals surface area contributed by atoms with Gasteiger partial charge in [0.25, 0.3) is 0 Å². The van der Waals surface area contributed by atoms with E-state index in [0.29, 0.717) is 25.9 Å². The second-order valence-electron chi connectivity index (χ2n) is 4.94. The van der Waals surface area contributed by atoms with Gasteiger partial charge in [0.05, 0.1) is 6.04 Å². The van der Waals surface area contributed by atoms with Crippen LogP contribution in [-0.4, -0.2) is 37.2 Å². The van der Waals surface area contributed by atoms with Crippen molar-refractivity contribution in [3.05, 3.63) is 0 Å². The van der Waals surface area contributed by atoms with Gasteiger partial charge in [-0.25, -0.2) is 0 Å². The Kier molecular flexibility index (Phi) is 11.7. The lowest BCUT2D eigenvalue weighted by atomic mass is 10.1. The highest BCUT2D eigenvalue weighted by atomic mass is 16.2. The highest BCUT2D eigenvalue weighted by molar-refractivity contribution is 5.75. The van der Waals surface area contributed by atoms with E-state index in [9.17, 15) is 14.4 Å². The van der Waals surface area contributed by atoms with E-state index in [0.717, 1.165) is 38.4 Å². The number of carbonyl (C=O) groups is 3. The van der Waals surface area contributed by atoms with E-state index < -0.39 is 0 Å². The first kappa shape index (κ1) is 18.6. The summed E-state index contributed by atoms with van der Waals surface area (Å²) >= 11 is 0. The molecule has 116 valence electrons. The standard InChI is InChI=1S/C14H27N3O3/c1-12(19)16-9-5-2-3-8-14(20)17-10-6-4-7-13(15)11-18/h11,13H,2-10,15H2,1H3,(H,16,19)(H,17,20)/t13-/m0/s1. The summed E-state index contributed by atoms with van der Waals surface area (Å²) < 4.78 is 0. The Bertz CT molecular complexity index is 295. The predicted molar refractivity (Wildman–Crippen MR) is 78.1 cm³/mol. The number of rotatable bonds is 12. The minimum Gasteiger partial charge on any atom is -0.356 e. The van der Waals surface area contributed by atoms with Crippen molar-refractivity contribution >= 4 is 18.1 Å². The Morgan fingerprint density at radius 2 is 1.70 bits per heavy atom. The van der Waals surface area contributed by atoms with Crippen LogP contribution in [0.4, 0.5) is 0 Å². The van der Waals surface area contributed by atoms with E-state index in [1.165, 1.54) is 6.92 Å². The van der Waals surface area contributed by atoms with Crippen molar-refractivity contribution in [2.75, 3.05) is 13.1 Å². The minimum atomic E-state index is -0.380. The van der Waals surface area contributed by atoms with Crippen LogP contribution in [-0.2, 0) is 14.4 Å². The van der Waals surface area contributed by atoms with Gasteiger partial charge < -0.3 is 21.2 Å². The molecule has 0 radical (unpaired) electrons. The van der Waals surface area contributed by atoms with Crippen LogP contribution in [0.2, 0.25) is 0 Å². The molecule has 0 heterocycles. The number of nitrogens with two attached hydrogens (primary N) is 1. The molecule has 0 aliphatic carbocycles. The van der Waals surface area contributed by atoms with Crippen molar-refractivity contribution in [2.45, 2.75) is 57.9 Å². The van der Waals surface area contributed by atoms with E-state index in [2.05, 4.69) is 10.6 Å². The van der Waals surface area contributed by atoms with Crippen molar-refractivity contribution in [3.8, 4) is 0 Å². The second-order valence-corrected chi connectivity index (χ2v) is 4.94. The van der Waals surface area contributed by atoms with Crippen LogP contribution in [0.1, 0.15) is 51.9 Å². The molecule has 6 nitrogen and oxygen atoms in total. The first-order chi connectivity index (χ1) is 9.56. The first-order valence-electron chi connectivity index (χ1n) is 7.28. The average Bonchev–Trinajstić information content (AvgIpc) is 2.41. The zero-order valence-electron chi connectivity index (χ0n) is 12.3. The van der Waals surface area contributed by atoms with Crippen molar-refractivity contribution in [3.63, 3.8) is 0 Å². The smallest absolute Gasteiger partial charge is 0.219 e. The average molecular weight is 285 g/mol. The van der Waals surface area contributed by atoms with Gasteiger partial charge >= 0.3 is 0 Å². The highest BCUT2D eigenvalue weighted by Crippen LogP contribution is 2.00. The van der Waals surface area contributed by atoms with Gasteiger partial charge in [0.15, 0.2) is 0 Å². The van der Waals surface area contributed by atoms with Crippen LogP contribution in [0.5, 0.6) is 0 Å². The summed E-state index contributed by atoms with van der Waals surface area (Å²) in [5, 5.41) is 5.57. The van der Waals surface area contributed by atoms with Crippen LogP contribution in [0.15, 0.2) is 0 Å².